The Kier molecular flexibility index (Phi) is 5.31. The Hall–Kier alpha value is -1.73. The fourth-order valence-corrected chi connectivity index (χ4v) is 1.43. The summed E-state index contributed by atoms with van der Waals surface area (Å²) in [7, 11) is 0. The van der Waals surface area contributed by atoms with Gasteiger partial charge in [0.05, 0.1) is 18.1 Å². The number of hydrogen-bond donors (Lipinski definition) is 1. The van der Waals surface area contributed by atoms with Crippen LogP contribution in [0.3, 0.4) is 0 Å². The SMILES string of the molecule is C=CCN(CCO)CCn1cc([N+](=O)[O-])cn1. The second kappa shape index (κ2) is 6.77. The third kappa shape index (κ3) is 4.33. The van der Waals surface area contributed by atoms with Crippen LogP contribution in [0.4, 0.5) is 5.69 Å². The lowest BCUT2D eigenvalue weighted by Gasteiger charge is -2.18. The van der Waals surface area contributed by atoms with Crippen molar-refractivity contribution in [2.75, 3.05) is 26.2 Å². The van der Waals surface area contributed by atoms with Gasteiger partial charge in [0.1, 0.15) is 12.4 Å². The van der Waals surface area contributed by atoms with Crippen LogP contribution in [0.25, 0.3) is 0 Å². The van der Waals surface area contributed by atoms with Crippen molar-refractivity contribution in [3.8, 4) is 0 Å². The molecule has 0 amide bonds. The lowest BCUT2D eigenvalue weighted by Crippen LogP contribution is -2.30. The Morgan fingerprint density at radius 1 is 1.65 bits per heavy atom. The minimum atomic E-state index is -0.473. The lowest BCUT2D eigenvalue weighted by molar-refractivity contribution is -0.385. The molecule has 1 heterocycles. The number of rotatable bonds is 8. The van der Waals surface area contributed by atoms with Gasteiger partial charge < -0.3 is 5.11 Å². The highest BCUT2D eigenvalue weighted by atomic mass is 16.6. The molecule has 0 fully saturated rings. The van der Waals surface area contributed by atoms with Crippen molar-refractivity contribution < 1.29 is 10.0 Å². The van der Waals surface area contributed by atoms with E-state index in [-0.39, 0.29) is 12.3 Å². The molecule has 0 atom stereocenters. The minimum absolute atomic E-state index is 0.0116. The third-order valence-corrected chi connectivity index (χ3v) is 2.28. The van der Waals surface area contributed by atoms with Gasteiger partial charge in [0.25, 0.3) is 0 Å². The summed E-state index contributed by atoms with van der Waals surface area (Å²) in [5.74, 6) is 0. The molecule has 0 saturated heterocycles. The molecule has 1 rings (SSSR count). The summed E-state index contributed by atoms with van der Waals surface area (Å²) in [6.07, 6.45) is 4.37. The van der Waals surface area contributed by atoms with Crippen LogP contribution in [-0.2, 0) is 6.54 Å². The van der Waals surface area contributed by atoms with Gasteiger partial charge in [0.15, 0.2) is 0 Å². The molecule has 0 unspecified atom stereocenters. The molecule has 17 heavy (non-hydrogen) atoms. The fourth-order valence-electron chi connectivity index (χ4n) is 1.43. The van der Waals surface area contributed by atoms with Crippen LogP contribution in [0.1, 0.15) is 0 Å². The zero-order valence-corrected chi connectivity index (χ0v) is 9.53. The second-order valence-corrected chi connectivity index (χ2v) is 3.53. The number of nitro groups is 1. The highest BCUT2D eigenvalue weighted by Gasteiger charge is 2.09. The van der Waals surface area contributed by atoms with Gasteiger partial charge in [-0.2, -0.15) is 5.10 Å². The number of hydrogen-bond acceptors (Lipinski definition) is 5. The van der Waals surface area contributed by atoms with Crippen molar-refractivity contribution in [2.24, 2.45) is 0 Å². The number of aromatic nitrogens is 2. The zero-order chi connectivity index (χ0) is 12.7. The van der Waals surface area contributed by atoms with Crippen LogP contribution in [0.15, 0.2) is 25.0 Å². The third-order valence-electron chi connectivity index (χ3n) is 2.28. The first kappa shape index (κ1) is 13.3. The molecule has 0 bridgehead atoms. The monoisotopic (exact) mass is 240 g/mol. The van der Waals surface area contributed by atoms with Crippen LogP contribution < -0.4 is 0 Å². The summed E-state index contributed by atoms with van der Waals surface area (Å²) in [4.78, 5) is 12.0. The van der Waals surface area contributed by atoms with Gasteiger partial charge in [-0.3, -0.25) is 19.7 Å². The lowest BCUT2D eigenvalue weighted by atomic mass is 10.4. The highest BCUT2D eigenvalue weighted by Crippen LogP contribution is 2.07. The minimum Gasteiger partial charge on any atom is -0.395 e. The van der Waals surface area contributed by atoms with Crippen molar-refractivity contribution in [3.63, 3.8) is 0 Å². The molecule has 7 nitrogen and oxygen atoms in total. The molecule has 0 aliphatic rings. The van der Waals surface area contributed by atoms with E-state index in [1.54, 1.807) is 6.08 Å². The van der Waals surface area contributed by atoms with E-state index in [2.05, 4.69) is 11.7 Å². The Bertz CT molecular complexity index is 377. The van der Waals surface area contributed by atoms with Gasteiger partial charge in [-0.25, -0.2) is 0 Å². The van der Waals surface area contributed by atoms with E-state index in [9.17, 15) is 10.1 Å². The van der Waals surface area contributed by atoms with Crippen LogP contribution in [-0.4, -0.2) is 51.0 Å². The summed E-state index contributed by atoms with van der Waals surface area (Å²) in [5.41, 5.74) is -0.0116. The molecule has 7 heteroatoms. The van der Waals surface area contributed by atoms with E-state index in [1.165, 1.54) is 17.1 Å². The Morgan fingerprint density at radius 2 is 2.41 bits per heavy atom. The molecule has 0 spiro atoms. The van der Waals surface area contributed by atoms with Gasteiger partial charge in [0, 0.05) is 19.6 Å². The maximum Gasteiger partial charge on any atom is 0.306 e. The molecule has 0 aliphatic heterocycles. The Morgan fingerprint density at radius 3 is 2.94 bits per heavy atom. The van der Waals surface area contributed by atoms with Gasteiger partial charge in [0.2, 0.25) is 0 Å². The summed E-state index contributed by atoms with van der Waals surface area (Å²) >= 11 is 0. The summed E-state index contributed by atoms with van der Waals surface area (Å²) < 4.78 is 1.52. The molecule has 0 saturated carbocycles. The maximum absolute atomic E-state index is 10.5. The molecular formula is C10H16N4O3. The average Bonchev–Trinajstić information content (AvgIpc) is 2.75. The van der Waals surface area contributed by atoms with Crippen molar-refractivity contribution in [1.29, 1.82) is 0 Å². The molecule has 0 aromatic carbocycles. The largest absolute Gasteiger partial charge is 0.395 e. The predicted molar refractivity (Wildman–Crippen MR) is 62.6 cm³/mol. The van der Waals surface area contributed by atoms with Crippen LogP contribution in [0.5, 0.6) is 0 Å². The normalized spacial score (nSPS) is 10.7. The molecule has 0 aliphatic carbocycles. The highest BCUT2D eigenvalue weighted by molar-refractivity contribution is 5.20. The first-order chi connectivity index (χ1) is 8.17. The van der Waals surface area contributed by atoms with E-state index in [0.717, 1.165) is 0 Å². The summed E-state index contributed by atoms with van der Waals surface area (Å²) in [5, 5.41) is 23.2. The smallest absolute Gasteiger partial charge is 0.306 e. The standard InChI is InChI=1S/C10H16N4O3/c1-2-3-12(6-7-15)4-5-13-9-10(8-11-13)14(16)17/h2,8-9,15H,1,3-7H2. The number of aliphatic hydroxyl groups excluding tert-OH is 1. The zero-order valence-electron chi connectivity index (χ0n) is 9.53. The number of aliphatic hydroxyl groups is 1. The maximum atomic E-state index is 10.5. The Labute approximate surface area is 99.1 Å². The van der Waals surface area contributed by atoms with E-state index in [1.807, 2.05) is 4.90 Å². The molecular weight excluding hydrogens is 224 g/mol. The predicted octanol–water partition coefficient (Wildman–Crippen LogP) is 0.272. The first-order valence-electron chi connectivity index (χ1n) is 5.28. The molecule has 1 aromatic rings. The molecule has 1 aromatic heterocycles. The van der Waals surface area contributed by atoms with Gasteiger partial charge in [-0.15, -0.1) is 6.58 Å². The van der Waals surface area contributed by atoms with E-state index in [4.69, 9.17) is 5.11 Å². The van der Waals surface area contributed by atoms with Crippen LogP contribution in [0, 0.1) is 10.1 Å². The van der Waals surface area contributed by atoms with E-state index < -0.39 is 4.92 Å². The second-order valence-electron chi connectivity index (χ2n) is 3.53. The van der Waals surface area contributed by atoms with E-state index in [0.29, 0.717) is 26.2 Å². The van der Waals surface area contributed by atoms with Crippen molar-refractivity contribution in [1.82, 2.24) is 14.7 Å². The van der Waals surface area contributed by atoms with E-state index >= 15 is 0 Å². The molecule has 94 valence electrons. The number of nitrogens with zero attached hydrogens (tertiary/aromatic N) is 4. The van der Waals surface area contributed by atoms with Crippen molar-refractivity contribution in [3.05, 3.63) is 35.2 Å². The van der Waals surface area contributed by atoms with Crippen LogP contribution in [0.2, 0.25) is 0 Å². The summed E-state index contributed by atoms with van der Waals surface area (Å²) in [6.45, 7) is 6.13. The topological polar surface area (TPSA) is 84.4 Å². The van der Waals surface area contributed by atoms with Crippen LogP contribution >= 0.6 is 0 Å². The van der Waals surface area contributed by atoms with Gasteiger partial charge >= 0.3 is 5.69 Å². The average molecular weight is 240 g/mol. The van der Waals surface area contributed by atoms with Gasteiger partial charge in [-0.05, 0) is 0 Å². The first-order valence-corrected chi connectivity index (χ1v) is 5.28. The summed E-state index contributed by atoms with van der Waals surface area (Å²) in [6, 6.07) is 0. The van der Waals surface area contributed by atoms with Crippen molar-refractivity contribution >= 4 is 5.69 Å². The molecule has 1 N–H and O–H groups in total. The van der Waals surface area contributed by atoms with Gasteiger partial charge in [-0.1, -0.05) is 6.08 Å². The Balaban J connectivity index is 2.46. The fraction of sp³-hybridized carbons (Fsp3) is 0.500. The molecule has 0 radical (unpaired) electrons. The van der Waals surface area contributed by atoms with Crippen molar-refractivity contribution in [2.45, 2.75) is 6.54 Å². The quantitative estimate of drug-likeness (QED) is 0.400.